The average molecular weight is 453 g/mol. The summed E-state index contributed by atoms with van der Waals surface area (Å²) in [6.07, 6.45) is 2.73. The molecule has 6 heteroatoms. The second-order valence-corrected chi connectivity index (χ2v) is 12.8. The molecule has 0 aromatic carbocycles. The number of carbonyl (C=O) groups excluding carboxylic acids is 3. The molecule has 3 unspecified atom stereocenters. The Morgan fingerprint density at radius 3 is 1.75 bits per heavy atom. The van der Waals surface area contributed by atoms with Gasteiger partial charge in [-0.3, -0.25) is 9.59 Å². The summed E-state index contributed by atoms with van der Waals surface area (Å²) in [7, 11) is 1.89. The molecule has 1 heterocycles. The molecular weight excluding hydrogens is 404 g/mol. The van der Waals surface area contributed by atoms with E-state index in [0.29, 0.717) is 19.3 Å². The Kier molecular flexibility index (Phi) is 8.44. The van der Waals surface area contributed by atoms with Gasteiger partial charge in [0.05, 0.1) is 0 Å². The largest absolute Gasteiger partial charge is 0.444 e. The van der Waals surface area contributed by atoms with Crippen molar-refractivity contribution in [3.63, 3.8) is 0 Å². The van der Waals surface area contributed by atoms with Crippen molar-refractivity contribution in [3.05, 3.63) is 0 Å². The summed E-state index contributed by atoms with van der Waals surface area (Å²) in [5, 5.41) is 6.64. The van der Waals surface area contributed by atoms with Crippen LogP contribution in [0.4, 0.5) is 0 Å². The first kappa shape index (κ1) is 28.6. The van der Waals surface area contributed by atoms with Crippen molar-refractivity contribution < 1.29 is 19.1 Å². The summed E-state index contributed by atoms with van der Waals surface area (Å²) in [6, 6.07) is -0.00619. The van der Waals surface area contributed by atoms with Crippen LogP contribution in [0.25, 0.3) is 0 Å². The molecule has 0 radical (unpaired) electrons. The van der Waals surface area contributed by atoms with Crippen LogP contribution in [0.5, 0.6) is 0 Å². The van der Waals surface area contributed by atoms with Gasteiger partial charge < -0.3 is 15.4 Å². The van der Waals surface area contributed by atoms with Gasteiger partial charge in [-0.05, 0) is 51.0 Å². The topological polar surface area (TPSA) is 87.8 Å². The Morgan fingerprint density at radius 1 is 0.938 bits per heavy atom. The summed E-state index contributed by atoms with van der Waals surface area (Å²) in [5.74, 6) is 0.0248. The SMILES string of the molecule is CCC(NC(=O)C(C)(C)CC(C)(C)C(CC1(C)OC1=O)NC)C(C)(C)CC(C)(C)C(C)=O. The first-order chi connectivity index (χ1) is 14.2. The highest BCUT2D eigenvalue weighted by atomic mass is 16.7. The van der Waals surface area contributed by atoms with Gasteiger partial charge in [-0.15, -0.1) is 0 Å². The standard InChI is InChI=1S/C26H48N2O4/c1-13-18(23(5,6)15-22(3,4)17(2)29)28-20(30)25(9,10)16-24(7,8)19(27-12)14-26(11)21(31)32-26/h18-19,27H,13-16H2,1-12H3,(H,28,30). The van der Waals surface area contributed by atoms with Gasteiger partial charge in [-0.2, -0.15) is 0 Å². The summed E-state index contributed by atoms with van der Waals surface area (Å²) in [4.78, 5) is 37.2. The van der Waals surface area contributed by atoms with Crippen LogP contribution in [0, 0.1) is 21.7 Å². The van der Waals surface area contributed by atoms with E-state index in [4.69, 9.17) is 4.74 Å². The zero-order chi connectivity index (χ0) is 25.3. The zero-order valence-corrected chi connectivity index (χ0v) is 22.6. The van der Waals surface area contributed by atoms with Gasteiger partial charge in [0.25, 0.3) is 0 Å². The van der Waals surface area contributed by atoms with Crippen molar-refractivity contribution in [1.29, 1.82) is 0 Å². The number of Topliss-reactive ketones (excluding diaryl/α,β-unsaturated/α-hetero) is 1. The summed E-state index contributed by atoms with van der Waals surface area (Å²) < 4.78 is 5.19. The van der Waals surface area contributed by atoms with E-state index >= 15 is 0 Å². The Labute approximate surface area is 196 Å². The summed E-state index contributed by atoms with van der Waals surface area (Å²) in [5.41, 5.74) is -2.21. The van der Waals surface area contributed by atoms with Crippen LogP contribution < -0.4 is 10.6 Å². The highest BCUT2D eigenvalue weighted by Gasteiger charge is 2.56. The lowest BCUT2D eigenvalue weighted by Crippen LogP contribution is -2.52. The van der Waals surface area contributed by atoms with Crippen molar-refractivity contribution in [2.75, 3.05) is 7.05 Å². The molecule has 0 saturated carbocycles. The minimum atomic E-state index is -0.710. The number of epoxide rings is 1. The van der Waals surface area contributed by atoms with E-state index in [0.717, 1.165) is 6.42 Å². The second-order valence-electron chi connectivity index (χ2n) is 12.8. The normalized spacial score (nSPS) is 21.6. The highest BCUT2D eigenvalue weighted by Crippen LogP contribution is 2.43. The van der Waals surface area contributed by atoms with Gasteiger partial charge in [0.1, 0.15) is 5.78 Å². The van der Waals surface area contributed by atoms with Gasteiger partial charge in [0.15, 0.2) is 0 Å². The number of hydrogen-bond acceptors (Lipinski definition) is 5. The predicted octanol–water partition coefficient (Wildman–Crippen LogP) is 4.65. The van der Waals surface area contributed by atoms with Crippen LogP contribution in [-0.4, -0.2) is 42.4 Å². The number of carbonyl (C=O) groups is 3. The van der Waals surface area contributed by atoms with Crippen molar-refractivity contribution >= 4 is 17.7 Å². The fraction of sp³-hybridized carbons (Fsp3) is 0.885. The first-order valence-electron chi connectivity index (χ1n) is 12.0. The molecule has 1 rings (SSSR count). The Bertz CT molecular complexity index is 723. The third-order valence-corrected chi connectivity index (χ3v) is 7.61. The van der Waals surface area contributed by atoms with Crippen LogP contribution >= 0.6 is 0 Å². The number of nitrogens with one attached hydrogen (secondary N) is 2. The van der Waals surface area contributed by atoms with Crippen molar-refractivity contribution in [3.8, 4) is 0 Å². The van der Waals surface area contributed by atoms with Crippen molar-refractivity contribution in [2.24, 2.45) is 21.7 Å². The Hall–Kier alpha value is -1.43. The van der Waals surface area contributed by atoms with E-state index < -0.39 is 16.4 Å². The quantitative estimate of drug-likeness (QED) is 0.397. The number of amides is 1. The molecule has 1 saturated heterocycles. The first-order valence-corrected chi connectivity index (χ1v) is 12.0. The number of rotatable bonds is 13. The minimum Gasteiger partial charge on any atom is -0.444 e. The van der Waals surface area contributed by atoms with Crippen LogP contribution in [-0.2, 0) is 19.1 Å². The number of ether oxygens (including phenoxy) is 1. The maximum atomic E-state index is 13.4. The molecule has 0 spiro atoms. The fourth-order valence-electron chi connectivity index (χ4n) is 5.40. The van der Waals surface area contributed by atoms with Crippen LogP contribution in [0.3, 0.4) is 0 Å². The van der Waals surface area contributed by atoms with Crippen molar-refractivity contribution in [1.82, 2.24) is 10.6 Å². The van der Waals surface area contributed by atoms with E-state index in [2.05, 4.69) is 45.3 Å². The monoisotopic (exact) mass is 452 g/mol. The van der Waals surface area contributed by atoms with Gasteiger partial charge in [0.2, 0.25) is 11.5 Å². The lowest BCUT2D eigenvalue weighted by Gasteiger charge is -2.43. The third kappa shape index (κ3) is 6.79. The van der Waals surface area contributed by atoms with Gasteiger partial charge >= 0.3 is 5.97 Å². The molecule has 1 fully saturated rings. The Balaban J connectivity index is 2.94. The van der Waals surface area contributed by atoms with Gasteiger partial charge in [-0.1, -0.05) is 62.3 Å². The number of ketones is 1. The van der Waals surface area contributed by atoms with E-state index in [1.165, 1.54) is 0 Å². The fourth-order valence-corrected chi connectivity index (χ4v) is 5.40. The van der Waals surface area contributed by atoms with Crippen LogP contribution in [0.1, 0.15) is 102 Å². The van der Waals surface area contributed by atoms with E-state index in [1.54, 1.807) is 6.92 Å². The average Bonchev–Trinajstić information content (AvgIpc) is 3.21. The van der Waals surface area contributed by atoms with E-state index in [9.17, 15) is 14.4 Å². The molecular formula is C26H48N2O4. The lowest BCUT2D eigenvalue weighted by molar-refractivity contribution is -0.133. The molecule has 0 aliphatic carbocycles. The molecule has 186 valence electrons. The van der Waals surface area contributed by atoms with Crippen LogP contribution in [0.2, 0.25) is 0 Å². The maximum absolute atomic E-state index is 13.4. The molecule has 1 aliphatic heterocycles. The predicted molar refractivity (Wildman–Crippen MR) is 129 cm³/mol. The van der Waals surface area contributed by atoms with Crippen LogP contribution in [0.15, 0.2) is 0 Å². The molecule has 6 nitrogen and oxygen atoms in total. The lowest BCUT2D eigenvalue weighted by atomic mass is 9.67. The molecule has 0 aromatic heterocycles. The molecule has 1 aliphatic rings. The molecule has 0 bridgehead atoms. The number of cyclic esters (lactones) is 1. The summed E-state index contributed by atoms with van der Waals surface area (Å²) in [6.45, 7) is 22.0. The Morgan fingerprint density at radius 2 is 1.38 bits per heavy atom. The summed E-state index contributed by atoms with van der Waals surface area (Å²) >= 11 is 0. The second kappa shape index (κ2) is 9.44. The highest BCUT2D eigenvalue weighted by molar-refractivity contribution is 5.92. The van der Waals surface area contributed by atoms with Crippen molar-refractivity contribution in [2.45, 2.75) is 120 Å². The molecule has 1 amide bonds. The smallest absolute Gasteiger partial charge is 0.351 e. The van der Waals surface area contributed by atoms with Gasteiger partial charge in [0, 0.05) is 29.3 Å². The van der Waals surface area contributed by atoms with E-state index in [-0.39, 0.29) is 40.6 Å². The minimum absolute atomic E-state index is 0.0194. The maximum Gasteiger partial charge on any atom is 0.351 e. The van der Waals surface area contributed by atoms with Gasteiger partial charge in [-0.25, -0.2) is 4.79 Å². The number of hydrogen-bond donors (Lipinski definition) is 2. The molecule has 2 N–H and O–H groups in total. The molecule has 3 atom stereocenters. The van der Waals surface area contributed by atoms with E-state index in [1.807, 2.05) is 41.7 Å². The molecule has 32 heavy (non-hydrogen) atoms. The third-order valence-electron chi connectivity index (χ3n) is 7.61. The molecule has 0 aromatic rings. The zero-order valence-electron chi connectivity index (χ0n) is 22.6.